The van der Waals surface area contributed by atoms with Gasteiger partial charge in [-0.15, -0.1) is 50.5 Å². The summed E-state index contributed by atoms with van der Waals surface area (Å²) in [5, 5.41) is 0. The van der Waals surface area contributed by atoms with Gasteiger partial charge in [0, 0.05) is 84.2 Å². The van der Waals surface area contributed by atoms with Gasteiger partial charge in [0.15, 0.2) is 28.8 Å². The average Bonchev–Trinajstić information content (AvgIpc) is 3.83. The van der Waals surface area contributed by atoms with E-state index in [0.717, 1.165) is 72.4 Å². The molecule has 0 unspecified atom stereocenters. The van der Waals surface area contributed by atoms with Crippen LogP contribution in [0, 0.1) is 0 Å². The lowest BCUT2D eigenvalue weighted by molar-refractivity contribution is -0.438. The number of aliphatic imine (C=N–C) groups is 1. The van der Waals surface area contributed by atoms with E-state index in [-0.39, 0.29) is 49.8 Å². The lowest BCUT2D eigenvalue weighted by Crippen LogP contribution is -2.28. The number of nitrogens with zero attached hydrogens (tertiary/aromatic N) is 2. The molecule has 29 heteroatoms. The molecule has 0 bridgehead atoms. The van der Waals surface area contributed by atoms with Gasteiger partial charge in [0.2, 0.25) is 5.69 Å². The molecule has 2 aromatic carbocycles. The molecule has 0 atom stereocenters. The summed E-state index contributed by atoms with van der Waals surface area (Å²) in [6.45, 7) is 20.4. The van der Waals surface area contributed by atoms with Crippen LogP contribution in [0.15, 0.2) is 29.3 Å². The fourth-order valence-corrected chi connectivity index (χ4v) is 9.70. The molecule has 1 fully saturated rings. The van der Waals surface area contributed by atoms with Gasteiger partial charge in [0.1, 0.15) is 16.4 Å². The highest BCUT2D eigenvalue weighted by atomic mass is 32.2. The van der Waals surface area contributed by atoms with E-state index in [2.05, 4.69) is 18.8 Å². The van der Waals surface area contributed by atoms with Gasteiger partial charge in [-0.3, -0.25) is 24.2 Å². The quantitative estimate of drug-likeness (QED) is 0.0986. The fraction of sp³-hybridized carbons (Fsp3) is 0.617. The molecule has 3 aliphatic heterocycles. The molecule has 23 nitrogen and oxygen atoms in total. The molecule has 0 saturated carbocycles. The van der Waals surface area contributed by atoms with E-state index >= 15 is 0 Å². The first-order valence-corrected chi connectivity index (χ1v) is 30.2. The van der Waals surface area contributed by atoms with E-state index in [1.54, 1.807) is 12.1 Å². The van der Waals surface area contributed by atoms with E-state index in [1.807, 2.05) is 72.1 Å². The highest BCUT2D eigenvalue weighted by molar-refractivity contribution is 7.91. The molecule has 0 aromatic heterocycles. The maximum Gasteiger partial charge on any atom is 0.425 e. The van der Waals surface area contributed by atoms with E-state index in [4.69, 9.17) is 50.5 Å². The second kappa shape index (κ2) is 36.0. The Morgan fingerprint density at radius 1 is 0.592 bits per heavy atom. The summed E-state index contributed by atoms with van der Waals surface area (Å²) in [7, 11) is -19.3. The third kappa shape index (κ3) is 27.7. The summed E-state index contributed by atoms with van der Waals surface area (Å²) in [5.41, 5.74) is 7.11. The number of benzene rings is 2. The van der Waals surface area contributed by atoms with Crippen LogP contribution in [-0.4, -0.2) is 135 Å². The fourth-order valence-electron chi connectivity index (χ4n) is 7.73. The summed E-state index contributed by atoms with van der Waals surface area (Å²) in [4.78, 5) is 55.0. The van der Waals surface area contributed by atoms with Crippen LogP contribution in [-0.2, 0) is 73.2 Å². The third-order valence-electron chi connectivity index (χ3n) is 11.4. The molecule has 5 rings (SSSR count). The Hall–Kier alpha value is -5.20. The molecule has 1 saturated heterocycles. The monoisotopic (exact) mass is 1190 g/mol. The maximum absolute atomic E-state index is 12.9. The van der Waals surface area contributed by atoms with Crippen LogP contribution in [0.25, 0.3) is 0 Å². The average molecular weight is 1190 g/mol. The molecule has 76 heavy (non-hydrogen) atoms. The van der Waals surface area contributed by atoms with Gasteiger partial charge >= 0.3 is 42.4 Å². The number of carbonyl (C=O) groups excluding carboxylic acids is 4. The second-order valence-electron chi connectivity index (χ2n) is 17.5. The molecule has 2 aromatic rings. The largest absolute Gasteiger partial charge is 0.748 e. The van der Waals surface area contributed by atoms with Crippen LogP contribution < -0.4 is 0 Å². The molecule has 0 N–H and O–H groups in total. The van der Waals surface area contributed by atoms with Gasteiger partial charge in [0.25, 0.3) is 0 Å². The molecule has 0 aliphatic carbocycles. The van der Waals surface area contributed by atoms with Crippen molar-refractivity contribution in [1.82, 2.24) is 0 Å². The molecule has 0 radical (unpaired) electrons. The Balaban J connectivity index is -0.000000480. The van der Waals surface area contributed by atoms with E-state index in [1.165, 1.54) is 0 Å². The smallest absolute Gasteiger partial charge is 0.425 e. The highest BCUT2D eigenvalue weighted by Crippen LogP contribution is 2.45. The van der Waals surface area contributed by atoms with Crippen molar-refractivity contribution in [2.45, 2.75) is 166 Å². The molecule has 432 valence electrons. The van der Waals surface area contributed by atoms with Crippen LogP contribution >= 0.6 is 0 Å². The summed E-state index contributed by atoms with van der Waals surface area (Å²) in [6.07, 6.45) is 6.81. The Morgan fingerprint density at radius 2 is 0.934 bits per heavy atom. The molecule has 3 aliphatic rings. The first-order valence-electron chi connectivity index (χ1n) is 22.8. The van der Waals surface area contributed by atoms with Gasteiger partial charge < -0.3 is 4.55 Å². The van der Waals surface area contributed by atoms with Crippen molar-refractivity contribution in [2.75, 3.05) is 23.8 Å². The van der Waals surface area contributed by atoms with Gasteiger partial charge in [-0.1, -0.05) is 56.4 Å². The van der Waals surface area contributed by atoms with Gasteiger partial charge in [-0.2, -0.15) is 4.58 Å². The minimum absolute atomic E-state index is 0. The van der Waals surface area contributed by atoms with Crippen LogP contribution in [0.5, 0.6) is 0 Å². The number of sulfone groups is 1. The van der Waals surface area contributed by atoms with Crippen molar-refractivity contribution < 1.29 is 95.6 Å². The lowest BCUT2D eigenvalue weighted by Gasteiger charge is -2.23. The van der Waals surface area contributed by atoms with E-state index in [9.17, 15) is 40.6 Å². The van der Waals surface area contributed by atoms with Crippen LogP contribution in [0.1, 0.15) is 207 Å². The predicted molar refractivity (Wildman–Crippen MR) is 283 cm³/mol. The van der Waals surface area contributed by atoms with Crippen LogP contribution in [0.3, 0.4) is 0 Å². The van der Waals surface area contributed by atoms with Crippen molar-refractivity contribution in [3.8, 4) is 0 Å². The third-order valence-corrected chi connectivity index (χ3v) is 14.0. The number of Topliss-reactive ketones (excluding diaryl/α,β-unsaturated/α-hetero) is 4. The van der Waals surface area contributed by atoms with Gasteiger partial charge in [-0.25, -0.2) is 16.8 Å². The number of fused-ring (bicyclic) bond motifs is 2. The zero-order chi connectivity index (χ0) is 58.1. The summed E-state index contributed by atoms with van der Waals surface area (Å²) in [5.74, 6) is 0.615. The van der Waals surface area contributed by atoms with Crippen molar-refractivity contribution in [3.05, 3.63) is 57.6 Å². The number of rotatable bonds is 16. The SMILES string of the molecule is C.C.CCCC(=O)c1cc(C(=O)CCC)c2c(c1)[N+](CCCS(=O)(=O)[O-])=C(C)C2(C)C.CCCC(=O)c1cc2c(c(C(=O)CCC)c1)C(C)(C)C(C)=N2.O=S(=O)=O.O=S(=O)=O.O=S(=O)=O.O=S(=O)=O.O=S1(=O)CCCC1. The second-order valence-corrected chi connectivity index (χ2v) is 23.0. The van der Waals surface area contributed by atoms with E-state index in [0.29, 0.717) is 66.0 Å². The first kappa shape index (κ1) is 77.3. The van der Waals surface area contributed by atoms with Crippen molar-refractivity contribution in [2.24, 2.45) is 4.99 Å². The standard InChI is InChI=1S/C22H31NO5S.C19H25NO2.C4H8O2S.2CH4.4O3S/c1-6-9-19(24)16-13-17(20(25)10-7-2)21-18(14-16)23(15(3)22(21,4)5)11-8-12-29(26,27)28;1-6-8-16(21)13-10-14(17(22)9-7-2)18-15(11-13)20-12(3)19(18,4)5;5-7(6)3-1-2-4-7;;;4*1-4(2)3/h13-14H,6-12H2,1-5H3;10-11H,6-9H2,1-5H3;1-4H2;2*1H4;;;;. The van der Waals surface area contributed by atoms with Crippen molar-refractivity contribution in [3.63, 3.8) is 0 Å². The van der Waals surface area contributed by atoms with Gasteiger partial charge in [-0.05, 0) is 83.1 Å². The molecule has 0 spiro atoms. The Morgan fingerprint density at radius 3 is 1.26 bits per heavy atom. The summed E-state index contributed by atoms with van der Waals surface area (Å²) >= 11 is 0. The zero-order valence-electron chi connectivity index (χ0n) is 42.8. The normalized spacial score (nSPS) is 14.2. The number of hydrogen-bond donors (Lipinski definition) is 0. The number of carbonyl (C=O) groups is 4. The molecule has 0 amide bonds. The highest BCUT2D eigenvalue weighted by Gasteiger charge is 2.46. The minimum Gasteiger partial charge on any atom is -0.748 e. The zero-order valence-corrected chi connectivity index (χ0v) is 47.7. The Labute approximate surface area is 453 Å². The summed E-state index contributed by atoms with van der Waals surface area (Å²) < 4.78 is 157. The summed E-state index contributed by atoms with van der Waals surface area (Å²) in [6, 6.07) is 7.20. The maximum atomic E-state index is 12.9. The topological polar surface area (TPSA) is 380 Å². The molecular weight excluding hydrogens is 1120 g/mol. The lowest BCUT2D eigenvalue weighted by atomic mass is 9.77. The van der Waals surface area contributed by atoms with Crippen molar-refractivity contribution >= 4 is 108 Å². The van der Waals surface area contributed by atoms with Gasteiger partial charge in [0.05, 0.1) is 38.3 Å². The molecule has 3 heterocycles. The van der Waals surface area contributed by atoms with E-state index < -0.39 is 73.6 Å². The Bertz CT molecular complexity index is 2990. The Kier molecular flexibility index (Phi) is 36.6. The minimum atomic E-state index is -4.29. The van der Waals surface area contributed by atoms with Crippen molar-refractivity contribution in [1.29, 1.82) is 0 Å². The number of ketones is 4. The number of hydrogen-bond acceptors (Lipinski definition) is 22. The predicted octanol–water partition coefficient (Wildman–Crippen LogP) is 6.47. The first-order chi connectivity index (χ1) is 33.9. The molecular formula is C47H72N2O21S6. The van der Waals surface area contributed by atoms with Crippen LogP contribution in [0.4, 0.5) is 11.4 Å². The van der Waals surface area contributed by atoms with Crippen LogP contribution in [0.2, 0.25) is 0 Å².